The second kappa shape index (κ2) is 6.02. The number of nitrogens with zero attached hydrogens (tertiary/aromatic N) is 2. The van der Waals surface area contributed by atoms with Gasteiger partial charge < -0.3 is 10.2 Å². The smallest absolute Gasteiger partial charge is 0.274 e. The molecule has 0 saturated heterocycles. The second-order valence-electron chi connectivity index (χ2n) is 3.93. The number of carbonyl (C=O) groups is 1. The first kappa shape index (κ1) is 14.0. The van der Waals surface area contributed by atoms with E-state index in [1.54, 1.807) is 4.90 Å². The molecule has 5 nitrogen and oxygen atoms in total. The number of carbonyl (C=O) groups excluding carboxylic acids is 1. The molecule has 0 saturated carbocycles. The lowest BCUT2D eigenvalue weighted by Crippen LogP contribution is -2.32. The Bertz CT molecular complexity index is 387. The highest BCUT2D eigenvalue weighted by Gasteiger charge is 2.23. The Morgan fingerprint density at radius 1 is 1.41 bits per heavy atom. The zero-order valence-corrected chi connectivity index (χ0v) is 11.1. The molecule has 0 fully saturated rings. The number of amides is 1. The monoisotopic (exact) mass is 258 g/mol. The molecule has 1 aromatic rings. The normalized spacial score (nSPS) is 13.8. The van der Waals surface area contributed by atoms with Gasteiger partial charge in [-0.1, -0.05) is 0 Å². The van der Waals surface area contributed by atoms with Crippen LogP contribution in [0.4, 0.5) is 0 Å². The highest BCUT2D eigenvalue weighted by molar-refractivity contribution is 5.94. The Morgan fingerprint density at radius 3 is 2.76 bits per heavy atom. The fourth-order valence-electron chi connectivity index (χ4n) is 2.06. The van der Waals surface area contributed by atoms with Gasteiger partial charge >= 0.3 is 0 Å². The summed E-state index contributed by atoms with van der Waals surface area (Å²) >= 11 is 0. The Labute approximate surface area is 107 Å². The van der Waals surface area contributed by atoms with Gasteiger partial charge in [0.25, 0.3) is 5.91 Å². The molecule has 0 spiro atoms. The zero-order valence-electron chi connectivity index (χ0n) is 10.2. The van der Waals surface area contributed by atoms with Crippen LogP contribution in [0.25, 0.3) is 0 Å². The van der Waals surface area contributed by atoms with Gasteiger partial charge in [0.2, 0.25) is 0 Å². The van der Waals surface area contributed by atoms with E-state index in [9.17, 15) is 4.79 Å². The zero-order chi connectivity index (χ0) is 11.5. The molecule has 0 atom stereocenters. The third kappa shape index (κ3) is 2.61. The second-order valence-corrected chi connectivity index (χ2v) is 3.93. The van der Waals surface area contributed by atoms with Gasteiger partial charge in [0.05, 0.1) is 0 Å². The minimum absolute atomic E-state index is 0. The predicted molar refractivity (Wildman–Crippen MR) is 68.5 cm³/mol. The summed E-state index contributed by atoms with van der Waals surface area (Å²) < 4.78 is 0. The van der Waals surface area contributed by atoms with Crippen molar-refractivity contribution in [1.29, 1.82) is 0 Å². The average Bonchev–Trinajstić information content (AvgIpc) is 2.74. The van der Waals surface area contributed by atoms with Crippen molar-refractivity contribution >= 4 is 18.3 Å². The van der Waals surface area contributed by atoms with E-state index in [0.29, 0.717) is 5.69 Å². The number of nitrogens with one attached hydrogen (secondary N) is 2. The number of aromatic nitrogens is 2. The van der Waals surface area contributed by atoms with Crippen LogP contribution in [0, 0.1) is 0 Å². The maximum Gasteiger partial charge on any atom is 0.274 e. The molecule has 2 N–H and O–H groups in total. The van der Waals surface area contributed by atoms with E-state index in [2.05, 4.69) is 15.5 Å². The largest absolute Gasteiger partial charge is 0.338 e. The van der Waals surface area contributed by atoms with E-state index in [1.807, 2.05) is 13.8 Å². The summed E-state index contributed by atoms with van der Waals surface area (Å²) in [5, 5.41) is 10.4. The Hall–Kier alpha value is -1.07. The highest BCUT2D eigenvalue weighted by atomic mass is 35.5. The molecule has 0 radical (unpaired) electrons. The SMILES string of the molecule is CCN(CC)C(=O)c1n[nH]c2c1CNCC2.Cl. The van der Waals surface area contributed by atoms with Crippen molar-refractivity contribution in [1.82, 2.24) is 20.4 Å². The van der Waals surface area contributed by atoms with Gasteiger partial charge in [-0.15, -0.1) is 12.4 Å². The van der Waals surface area contributed by atoms with Crippen LogP contribution >= 0.6 is 12.4 Å². The number of H-pyrrole nitrogens is 1. The van der Waals surface area contributed by atoms with Gasteiger partial charge in [0, 0.05) is 43.9 Å². The topological polar surface area (TPSA) is 61.0 Å². The number of fused-ring (bicyclic) bond motifs is 1. The number of aromatic amines is 1. The lowest BCUT2D eigenvalue weighted by Gasteiger charge is -2.19. The van der Waals surface area contributed by atoms with Crippen molar-refractivity contribution < 1.29 is 4.79 Å². The van der Waals surface area contributed by atoms with Crippen LogP contribution < -0.4 is 5.32 Å². The fourth-order valence-corrected chi connectivity index (χ4v) is 2.06. The van der Waals surface area contributed by atoms with Gasteiger partial charge in [-0.2, -0.15) is 5.10 Å². The van der Waals surface area contributed by atoms with Crippen molar-refractivity contribution in [2.45, 2.75) is 26.8 Å². The lowest BCUT2D eigenvalue weighted by molar-refractivity contribution is 0.0765. The van der Waals surface area contributed by atoms with Crippen LogP contribution in [0.1, 0.15) is 35.6 Å². The molecule has 2 heterocycles. The molecule has 1 aromatic heterocycles. The number of hydrogen-bond donors (Lipinski definition) is 2. The quantitative estimate of drug-likeness (QED) is 0.849. The predicted octanol–water partition coefficient (Wildman–Crippen LogP) is 0.959. The Balaban J connectivity index is 0.00000144. The van der Waals surface area contributed by atoms with Gasteiger partial charge in [-0.25, -0.2) is 0 Å². The average molecular weight is 259 g/mol. The number of rotatable bonds is 3. The first-order chi connectivity index (χ1) is 7.77. The molecule has 0 aromatic carbocycles. The van der Waals surface area contributed by atoms with E-state index in [1.165, 1.54) is 0 Å². The summed E-state index contributed by atoms with van der Waals surface area (Å²) in [6.07, 6.45) is 0.924. The molecule has 0 unspecified atom stereocenters. The van der Waals surface area contributed by atoms with Crippen LogP contribution in [-0.4, -0.2) is 40.6 Å². The number of hydrogen-bond acceptors (Lipinski definition) is 3. The van der Waals surface area contributed by atoms with Crippen molar-refractivity contribution in [3.63, 3.8) is 0 Å². The van der Waals surface area contributed by atoms with Crippen molar-refractivity contribution in [2.75, 3.05) is 19.6 Å². The molecule has 6 heteroatoms. The first-order valence-corrected chi connectivity index (χ1v) is 5.84. The van der Waals surface area contributed by atoms with Gasteiger partial charge in [-0.3, -0.25) is 9.89 Å². The van der Waals surface area contributed by atoms with Gasteiger partial charge in [0.15, 0.2) is 5.69 Å². The van der Waals surface area contributed by atoms with E-state index in [0.717, 1.165) is 43.9 Å². The number of halogens is 1. The Kier molecular flexibility index (Phi) is 4.96. The summed E-state index contributed by atoms with van der Waals surface area (Å²) in [4.78, 5) is 14.0. The summed E-state index contributed by atoms with van der Waals surface area (Å²) in [5.41, 5.74) is 2.74. The van der Waals surface area contributed by atoms with Gasteiger partial charge in [-0.05, 0) is 13.8 Å². The lowest BCUT2D eigenvalue weighted by atomic mass is 10.1. The molecule has 1 aliphatic heterocycles. The van der Waals surface area contributed by atoms with Crippen molar-refractivity contribution in [3.05, 3.63) is 17.0 Å². The molecule has 1 aliphatic rings. The summed E-state index contributed by atoms with van der Waals surface area (Å²) in [6.45, 7) is 7.12. The first-order valence-electron chi connectivity index (χ1n) is 5.84. The van der Waals surface area contributed by atoms with E-state index in [-0.39, 0.29) is 18.3 Å². The molecular formula is C11H19ClN4O. The van der Waals surface area contributed by atoms with E-state index in [4.69, 9.17) is 0 Å². The van der Waals surface area contributed by atoms with Crippen molar-refractivity contribution in [2.24, 2.45) is 0 Å². The van der Waals surface area contributed by atoms with E-state index < -0.39 is 0 Å². The summed E-state index contributed by atoms with van der Waals surface area (Å²) in [5.74, 6) is 0.0335. The highest BCUT2D eigenvalue weighted by Crippen LogP contribution is 2.16. The third-order valence-corrected chi connectivity index (χ3v) is 3.06. The standard InChI is InChI=1S/C11H18N4O.ClH/c1-3-15(4-2)11(16)10-8-7-12-6-5-9(8)13-14-10;/h12H,3-7H2,1-2H3,(H,13,14);1H. The maximum absolute atomic E-state index is 12.2. The summed E-state index contributed by atoms with van der Waals surface area (Å²) in [6, 6.07) is 0. The van der Waals surface area contributed by atoms with Gasteiger partial charge in [0.1, 0.15) is 0 Å². The molecular weight excluding hydrogens is 240 g/mol. The maximum atomic E-state index is 12.2. The van der Waals surface area contributed by atoms with Crippen LogP contribution in [0.5, 0.6) is 0 Å². The van der Waals surface area contributed by atoms with Crippen LogP contribution in [0.15, 0.2) is 0 Å². The minimum atomic E-state index is 0. The molecule has 1 amide bonds. The minimum Gasteiger partial charge on any atom is -0.338 e. The third-order valence-electron chi connectivity index (χ3n) is 3.06. The van der Waals surface area contributed by atoms with Crippen LogP contribution in [0.2, 0.25) is 0 Å². The fraction of sp³-hybridized carbons (Fsp3) is 0.636. The van der Waals surface area contributed by atoms with E-state index >= 15 is 0 Å². The molecule has 17 heavy (non-hydrogen) atoms. The molecule has 0 aliphatic carbocycles. The van der Waals surface area contributed by atoms with Crippen LogP contribution in [-0.2, 0) is 13.0 Å². The molecule has 96 valence electrons. The molecule has 2 rings (SSSR count). The van der Waals surface area contributed by atoms with Crippen LogP contribution in [0.3, 0.4) is 0 Å². The summed E-state index contributed by atoms with van der Waals surface area (Å²) in [7, 11) is 0. The van der Waals surface area contributed by atoms with Crippen molar-refractivity contribution in [3.8, 4) is 0 Å². The molecule has 0 bridgehead atoms. The Morgan fingerprint density at radius 2 is 2.12 bits per heavy atom.